The number of nitrogens with zero attached hydrogens (tertiary/aromatic N) is 1. The van der Waals surface area contributed by atoms with Gasteiger partial charge >= 0.3 is 0 Å². The Balaban J connectivity index is 1.65. The van der Waals surface area contributed by atoms with Gasteiger partial charge in [0.15, 0.2) is 0 Å². The Morgan fingerprint density at radius 1 is 1.09 bits per heavy atom. The number of carbonyl (C=O) groups excluding carboxylic acids is 2. The van der Waals surface area contributed by atoms with Gasteiger partial charge in [0.2, 0.25) is 5.91 Å². The topological polar surface area (TPSA) is 105 Å². The van der Waals surface area contributed by atoms with Crippen molar-refractivity contribution in [3.05, 3.63) is 59.2 Å². The standard InChI is InChI=1S/C25H33N3O5S/c1-18-6-4-7-21(16-18)27-34(31,32)22-9-8-19(2)23(17-22)25(30)28-13-10-20(11-14-28)24(29)26-12-5-15-33-3/h4,6-9,16-17,20,27H,5,10-15H2,1-3H3,(H,26,29). The maximum atomic E-state index is 13.2. The van der Waals surface area contributed by atoms with Gasteiger partial charge in [-0.2, -0.15) is 0 Å². The Bertz CT molecular complexity index is 1130. The Hall–Kier alpha value is -2.91. The van der Waals surface area contributed by atoms with Crippen LogP contribution < -0.4 is 10.0 Å². The van der Waals surface area contributed by atoms with E-state index in [9.17, 15) is 18.0 Å². The first kappa shape index (κ1) is 25.7. The summed E-state index contributed by atoms with van der Waals surface area (Å²) in [5.41, 5.74) is 2.47. The molecule has 0 atom stereocenters. The molecular formula is C25H33N3O5S. The lowest BCUT2D eigenvalue weighted by atomic mass is 9.95. The van der Waals surface area contributed by atoms with Crippen molar-refractivity contribution in [1.29, 1.82) is 0 Å². The third-order valence-corrected chi connectivity index (χ3v) is 7.38. The Labute approximate surface area is 201 Å². The molecule has 8 nitrogen and oxygen atoms in total. The predicted molar refractivity (Wildman–Crippen MR) is 131 cm³/mol. The van der Waals surface area contributed by atoms with Crippen LogP contribution in [0.3, 0.4) is 0 Å². The fourth-order valence-electron chi connectivity index (χ4n) is 4.01. The van der Waals surface area contributed by atoms with Crippen LogP contribution in [0.15, 0.2) is 47.4 Å². The summed E-state index contributed by atoms with van der Waals surface area (Å²) in [5.74, 6) is -0.336. The van der Waals surface area contributed by atoms with Crippen LogP contribution in [0.2, 0.25) is 0 Å². The van der Waals surface area contributed by atoms with E-state index < -0.39 is 10.0 Å². The van der Waals surface area contributed by atoms with Gasteiger partial charge in [0.1, 0.15) is 0 Å². The monoisotopic (exact) mass is 487 g/mol. The average molecular weight is 488 g/mol. The van der Waals surface area contributed by atoms with E-state index >= 15 is 0 Å². The number of hydrogen-bond donors (Lipinski definition) is 2. The summed E-state index contributed by atoms with van der Waals surface area (Å²) in [4.78, 5) is 27.3. The summed E-state index contributed by atoms with van der Waals surface area (Å²) < 4.78 is 33.4. The van der Waals surface area contributed by atoms with Crippen molar-refractivity contribution in [2.24, 2.45) is 5.92 Å². The molecule has 1 heterocycles. The second-order valence-electron chi connectivity index (χ2n) is 8.66. The second kappa shape index (κ2) is 11.5. The van der Waals surface area contributed by atoms with Crippen LogP contribution in [0.5, 0.6) is 0 Å². The molecule has 34 heavy (non-hydrogen) atoms. The first-order valence-corrected chi connectivity index (χ1v) is 13.0. The van der Waals surface area contributed by atoms with E-state index in [0.717, 1.165) is 12.0 Å². The summed E-state index contributed by atoms with van der Waals surface area (Å²) in [6, 6.07) is 11.7. The molecule has 1 aliphatic rings. The number of methoxy groups -OCH3 is 1. The molecule has 2 N–H and O–H groups in total. The smallest absolute Gasteiger partial charge is 0.261 e. The number of aryl methyl sites for hydroxylation is 2. The van der Waals surface area contributed by atoms with E-state index in [1.54, 1.807) is 43.2 Å². The first-order chi connectivity index (χ1) is 16.2. The summed E-state index contributed by atoms with van der Waals surface area (Å²) in [5, 5.41) is 2.92. The number of anilines is 1. The summed E-state index contributed by atoms with van der Waals surface area (Å²) in [6.07, 6.45) is 1.92. The maximum Gasteiger partial charge on any atom is 0.261 e. The highest BCUT2D eigenvalue weighted by atomic mass is 32.2. The van der Waals surface area contributed by atoms with Gasteiger partial charge in [-0.1, -0.05) is 18.2 Å². The number of ether oxygens (including phenoxy) is 1. The minimum Gasteiger partial charge on any atom is -0.385 e. The van der Waals surface area contributed by atoms with Crippen LogP contribution in [0.25, 0.3) is 0 Å². The van der Waals surface area contributed by atoms with Gasteiger partial charge in [-0.05, 0) is 68.5 Å². The SMILES string of the molecule is COCCCNC(=O)C1CCN(C(=O)c2cc(S(=O)(=O)Nc3cccc(C)c3)ccc2C)CC1. The van der Waals surface area contributed by atoms with E-state index in [-0.39, 0.29) is 22.6 Å². The molecule has 0 radical (unpaired) electrons. The molecular weight excluding hydrogens is 454 g/mol. The molecule has 1 fully saturated rings. The van der Waals surface area contributed by atoms with Crippen molar-refractivity contribution in [2.45, 2.75) is 38.0 Å². The van der Waals surface area contributed by atoms with Crippen molar-refractivity contribution in [3.63, 3.8) is 0 Å². The third-order valence-electron chi connectivity index (χ3n) is 6.00. The van der Waals surface area contributed by atoms with E-state index in [1.165, 1.54) is 12.1 Å². The highest BCUT2D eigenvalue weighted by Crippen LogP contribution is 2.24. The Kier molecular flexibility index (Phi) is 8.68. The number of sulfonamides is 1. The molecule has 0 saturated carbocycles. The van der Waals surface area contributed by atoms with Crippen molar-refractivity contribution >= 4 is 27.5 Å². The minimum atomic E-state index is -3.85. The van der Waals surface area contributed by atoms with Crippen molar-refractivity contribution < 1.29 is 22.7 Å². The lowest BCUT2D eigenvalue weighted by Crippen LogP contribution is -2.43. The van der Waals surface area contributed by atoms with Crippen LogP contribution in [-0.4, -0.2) is 58.5 Å². The highest BCUT2D eigenvalue weighted by Gasteiger charge is 2.29. The van der Waals surface area contributed by atoms with E-state index in [0.29, 0.717) is 55.9 Å². The Morgan fingerprint density at radius 3 is 2.50 bits per heavy atom. The normalized spacial score (nSPS) is 14.6. The molecule has 2 aromatic carbocycles. The Morgan fingerprint density at radius 2 is 1.82 bits per heavy atom. The first-order valence-electron chi connectivity index (χ1n) is 11.5. The van der Waals surface area contributed by atoms with Crippen LogP contribution in [0, 0.1) is 19.8 Å². The molecule has 184 valence electrons. The van der Waals surface area contributed by atoms with Crippen molar-refractivity contribution in [1.82, 2.24) is 10.2 Å². The molecule has 9 heteroatoms. The molecule has 0 unspecified atom stereocenters. The number of nitrogens with one attached hydrogen (secondary N) is 2. The molecule has 0 bridgehead atoms. The van der Waals surface area contributed by atoms with Gasteiger partial charge in [-0.15, -0.1) is 0 Å². The van der Waals surface area contributed by atoms with E-state index in [1.807, 2.05) is 13.0 Å². The predicted octanol–water partition coefficient (Wildman–Crippen LogP) is 3.11. The van der Waals surface area contributed by atoms with Gasteiger partial charge in [-0.25, -0.2) is 8.42 Å². The molecule has 1 aliphatic heterocycles. The van der Waals surface area contributed by atoms with Gasteiger partial charge in [0.25, 0.3) is 15.9 Å². The molecule has 0 spiro atoms. The van der Waals surface area contributed by atoms with E-state index in [4.69, 9.17) is 4.74 Å². The number of rotatable bonds is 9. The van der Waals surface area contributed by atoms with Gasteiger partial charge in [-0.3, -0.25) is 14.3 Å². The molecule has 3 rings (SSSR count). The molecule has 2 amide bonds. The van der Waals surface area contributed by atoms with Gasteiger partial charge in [0, 0.05) is 50.5 Å². The zero-order chi connectivity index (χ0) is 24.7. The van der Waals surface area contributed by atoms with Crippen LogP contribution in [0.1, 0.15) is 40.7 Å². The maximum absolute atomic E-state index is 13.2. The number of carbonyl (C=O) groups is 2. The van der Waals surface area contributed by atoms with Crippen LogP contribution >= 0.6 is 0 Å². The fourth-order valence-corrected chi connectivity index (χ4v) is 5.08. The molecule has 0 aromatic heterocycles. The minimum absolute atomic E-state index is 0.00898. The number of amides is 2. The third kappa shape index (κ3) is 6.57. The van der Waals surface area contributed by atoms with E-state index in [2.05, 4.69) is 10.0 Å². The van der Waals surface area contributed by atoms with Gasteiger partial charge in [0.05, 0.1) is 4.90 Å². The number of benzene rings is 2. The molecule has 0 aliphatic carbocycles. The zero-order valence-electron chi connectivity index (χ0n) is 20.0. The average Bonchev–Trinajstić information content (AvgIpc) is 2.81. The second-order valence-corrected chi connectivity index (χ2v) is 10.3. The molecule has 1 saturated heterocycles. The van der Waals surface area contributed by atoms with Crippen LogP contribution in [0.4, 0.5) is 5.69 Å². The number of piperidine rings is 1. The van der Waals surface area contributed by atoms with Crippen molar-refractivity contribution in [3.8, 4) is 0 Å². The van der Waals surface area contributed by atoms with Gasteiger partial charge < -0.3 is 15.0 Å². The fraction of sp³-hybridized carbons (Fsp3) is 0.440. The number of likely N-dealkylation sites (tertiary alicyclic amines) is 1. The van der Waals surface area contributed by atoms with Crippen LogP contribution in [-0.2, 0) is 19.6 Å². The summed E-state index contributed by atoms with van der Waals surface area (Å²) in [7, 11) is -2.22. The largest absolute Gasteiger partial charge is 0.385 e. The lowest BCUT2D eigenvalue weighted by molar-refractivity contribution is -0.126. The molecule has 2 aromatic rings. The lowest BCUT2D eigenvalue weighted by Gasteiger charge is -2.31. The quantitative estimate of drug-likeness (QED) is 0.529. The summed E-state index contributed by atoms with van der Waals surface area (Å²) in [6.45, 7) is 5.75. The highest BCUT2D eigenvalue weighted by molar-refractivity contribution is 7.92. The summed E-state index contributed by atoms with van der Waals surface area (Å²) >= 11 is 0. The zero-order valence-corrected chi connectivity index (χ0v) is 20.8. The number of hydrogen-bond acceptors (Lipinski definition) is 5. The van der Waals surface area contributed by atoms with Crippen molar-refractivity contribution in [2.75, 3.05) is 38.1 Å².